The number of carbonyl (C=O) groups excluding carboxylic acids is 2. The molecule has 0 aromatic carbocycles. The number of ether oxygens (including phenoxy) is 4. The normalized spacial score (nSPS) is 25.6. The predicted octanol–water partition coefficient (Wildman–Crippen LogP) is 9.50. The second kappa shape index (κ2) is 29.2. The Hall–Kier alpha value is -4.04. The van der Waals surface area contributed by atoms with Gasteiger partial charge in [0.1, 0.15) is 37.7 Å². The average molecular weight is 825 g/mol. The van der Waals surface area contributed by atoms with E-state index in [0.717, 1.165) is 31.7 Å². The quantitative estimate of drug-likeness (QED) is 0.0130. The van der Waals surface area contributed by atoms with Gasteiger partial charge in [-0.25, -0.2) is 9.59 Å². The van der Waals surface area contributed by atoms with Gasteiger partial charge in [0.05, 0.1) is 24.8 Å². The Morgan fingerprint density at radius 1 is 0.763 bits per heavy atom. The fourth-order valence-electron chi connectivity index (χ4n) is 7.62. The number of hydrogen-bond acceptors (Lipinski definition) is 13. The molecular formula is C45H72N6O8. The summed E-state index contributed by atoms with van der Waals surface area (Å²) in [5.41, 5.74) is 0. The molecule has 3 rings (SSSR count). The maximum atomic E-state index is 11.7. The topological polar surface area (TPSA) is 167 Å². The Balaban J connectivity index is 1.80. The Kier molecular flexibility index (Phi) is 24.4. The SMILES string of the molecule is C=CC(=O)OCCOC1=CC(N=NC2C=CC(N(CCCCCCCC)CCCCCCCC)CC2C)C(OCCOC(=O)C=C)CC1N=NC1C=CC([N+](=O)[O-])CC1. The number of nitro groups is 1. The van der Waals surface area contributed by atoms with Crippen molar-refractivity contribution in [2.24, 2.45) is 26.4 Å². The van der Waals surface area contributed by atoms with Crippen LogP contribution in [-0.2, 0) is 28.5 Å². The van der Waals surface area contributed by atoms with Gasteiger partial charge in [0.2, 0.25) is 6.04 Å². The second-order valence-electron chi connectivity index (χ2n) is 15.9. The van der Waals surface area contributed by atoms with Crippen LogP contribution in [-0.4, -0.2) is 104 Å². The molecule has 0 heterocycles. The van der Waals surface area contributed by atoms with E-state index in [1.165, 1.54) is 77.0 Å². The number of nitrogens with zero attached hydrogens (tertiary/aromatic N) is 6. The summed E-state index contributed by atoms with van der Waals surface area (Å²) >= 11 is 0. The molecule has 3 aliphatic rings. The Morgan fingerprint density at radius 2 is 1.37 bits per heavy atom. The van der Waals surface area contributed by atoms with E-state index in [2.05, 4.69) is 61.2 Å². The lowest BCUT2D eigenvalue weighted by Crippen LogP contribution is -2.40. The number of esters is 2. The van der Waals surface area contributed by atoms with Crippen molar-refractivity contribution < 1.29 is 33.5 Å². The average Bonchev–Trinajstić information content (AvgIpc) is 3.24. The van der Waals surface area contributed by atoms with Crippen molar-refractivity contribution in [2.45, 2.75) is 166 Å². The van der Waals surface area contributed by atoms with Gasteiger partial charge in [-0.2, -0.15) is 20.5 Å². The molecule has 0 spiro atoms. The van der Waals surface area contributed by atoms with Crippen LogP contribution in [0.25, 0.3) is 0 Å². The van der Waals surface area contributed by atoms with Crippen LogP contribution < -0.4 is 0 Å². The largest absolute Gasteiger partial charge is 0.492 e. The zero-order valence-corrected chi connectivity index (χ0v) is 36.1. The first-order valence-corrected chi connectivity index (χ1v) is 22.3. The highest BCUT2D eigenvalue weighted by molar-refractivity contribution is 5.81. The first-order valence-electron chi connectivity index (χ1n) is 22.3. The van der Waals surface area contributed by atoms with E-state index in [-0.39, 0.29) is 49.4 Å². The highest BCUT2D eigenvalue weighted by Gasteiger charge is 2.35. The molecule has 0 saturated heterocycles. The zero-order chi connectivity index (χ0) is 42.7. The van der Waals surface area contributed by atoms with Crippen LogP contribution in [0, 0.1) is 16.0 Å². The summed E-state index contributed by atoms with van der Waals surface area (Å²) < 4.78 is 22.7. The molecule has 59 heavy (non-hydrogen) atoms. The van der Waals surface area contributed by atoms with Gasteiger partial charge in [-0.05, 0) is 56.8 Å². The Morgan fingerprint density at radius 3 is 1.95 bits per heavy atom. The molecular weight excluding hydrogens is 753 g/mol. The van der Waals surface area contributed by atoms with E-state index in [9.17, 15) is 19.7 Å². The van der Waals surface area contributed by atoms with Crippen molar-refractivity contribution in [3.8, 4) is 0 Å². The molecule has 330 valence electrons. The van der Waals surface area contributed by atoms with Gasteiger partial charge in [-0.1, -0.05) is 116 Å². The monoisotopic (exact) mass is 825 g/mol. The first-order chi connectivity index (χ1) is 28.7. The maximum absolute atomic E-state index is 11.7. The summed E-state index contributed by atoms with van der Waals surface area (Å²) in [5, 5.41) is 30.1. The highest BCUT2D eigenvalue weighted by Crippen LogP contribution is 2.31. The van der Waals surface area contributed by atoms with Crippen LogP contribution in [0.2, 0.25) is 0 Å². The van der Waals surface area contributed by atoms with E-state index >= 15 is 0 Å². The molecule has 8 atom stereocenters. The molecule has 8 unspecified atom stereocenters. The number of unbranched alkanes of at least 4 members (excludes halogenated alkanes) is 10. The molecule has 3 aliphatic carbocycles. The van der Waals surface area contributed by atoms with Crippen LogP contribution in [0.5, 0.6) is 0 Å². The second-order valence-corrected chi connectivity index (χ2v) is 15.9. The molecule has 0 aromatic heterocycles. The molecule has 0 saturated carbocycles. The summed E-state index contributed by atoms with van der Waals surface area (Å²) in [6.07, 6.45) is 29.0. The van der Waals surface area contributed by atoms with Crippen molar-refractivity contribution in [3.63, 3.8) is 0 Å². The van der Waals surface area contributed by atoms with E-state index in [1.54, 1.807) is 12.2 Å². The summed E-state index contributed by atoms with van der Waals surface area (Å²) in [6.45, 7) is 16.1. The van der Waals surface area contributed by atoms with Crippen molar-refractivity contribution in [3.05, 3.63) is 71.6 Å². The minimum Gasteiger partial charge on any atom is -0.492 e. The van der Waals surface area contributed by atoms with Crippen LogP contribution in [0.3, 0.4) is 0 Å². The fourth-order valence-corrected chi connectivity index (χ4v) is 7.62. The summed E-state index contributed by atoms with van der Waals surface area (Å²) in [6, 6.07) is -1.90. The van der Waals surface area contributed by atoms with Gasteiger partial charge in [0.25, 0.3) is 0 Å². The van der Waals surface area contributed by atoms with E-state index in [0.29, 0.717) is 31.1 Å². The number of azo groups is 2. The smallest absolute Gasteiger partial charge is 0.330 e. The first kappa shape index (κ1) is 49.3. The summed E-state index contributed by atoms with van der Waals surface area (Å²) in [4.78, 5) is 37.0. The van der Waals surface area contributed by atoms with Gasteiger partial charge >= 0.3 is 11.9 Å². The van der Waals surface area contributed by atoms with E-state index < -0.39 is 36.2 Å². The van der Waals surface area contributed by atoms with Gasteiger partial charge in [-0.15, -0.1) is 0 Å². The van der Waals surface area contributed by atoms with Gasteiger partial charge < -0.3 is 18.9 Å². The molecule has 0 amide bonds. The van der Waals surface area contributed by atoms with Crippen LogP contribution in [0.1, 0.15) is 124 Å². The lowest BCUT2D eigenvalue weighted by molar-refractivity contribution is -0.510. The third-order valence-corrected chi connectivity index (χ3v) is 11.2. The molecule has 0 aliphatic heterocycles. The standard InChI is InChI=1S/C45H72N6O8/c1-6-10-12-14-16-18-26-50(27-19-17-15-13-11-7-2)38-24-25-39(35(5)32-38)47-49-41-34-42(56-28-30-58-44(52)8-3)40(33-43(41)57-29-31-59-45(53)9-4)48-46-36-20-22-37(23-21-36)51(54)55/h8-9,20,22,24-25,34-41,43H,3-4,6-7,10-19,21,23,26-33H2,1-2,5H3. The van der Waals surface area contributed by atoms with Crippen LogP contribution >= 0.6 is 0 Å². The van der Waals surface area contributed by atoms with Crippen LogP contribution in [0.15, 0.2) is 81.9 Å². The van der Waals surface area contributed by atoms with Crippen molar-refractivity contribution in [1.29, 1.82) is 0 Å². The predicted molar refractivity (Wildman–Crippen MR) is 230 cm³/mol. The summed E-state index contributed by atoms with van der Waals surface area (Å²) in [7, 11) is 0. The lowest BCUT2D eigenvalue weighted by Gasteiger charge is -2.36. The molecule has 0 radical (unpaired) electrons. The fraction of sp³-hybridized carbons (Fsp3) is 0.733. The van der Waals surface area contributed by atoms with Gasteiger partial charge in [0, 0.05) is 36.0 Å². The van der Waals surface area contributed by atoms with Gasteiger partial charge in [-0.3, -0.25) is 15.0 Å². The number of hydrogen-bond donors (Lipinski definition) is 0. The minimum absolute atomic E-state index is 0.000758. The van der Waals surface area contributed by atoms with E-state index in [4.69, 9.17) is 29.2 Å². The Labute approximate surface area is 352 Å². The number of rotatable bonds is 30. The van der Waals surface area contributed by atoms with Crippen molar-refractivity contribution in [2.75, 3.05) is 39.5 Å². The minimum atomic E-state index is -0.728. The molecule has 0 fully saturated rings. The molecule has 0 aromatic rings. The maximum Gasteiger partial charge on any atom is 0.330 e. The van der Waals surface area contributed by atoms with Crippen LogP contribution in [0.4, 0.5) is 0 Å². The molecule has 0 N–H and O–H groups in total. The van der Waals surface area contributed by atoms with Crippen molar-refractivity contribution in [1.82, 2.24) is 4.90 Å². The van der Waals surface area contributed by atoms with E-state index in [1.807, 2.05) is 6.08 Å². The Bertz CT molecular complexity index is 1420. The number of carbonyl (C=O) groups is 2. The molecule has 0 bridgehead atoms. The third kappa shape index (κ3) is 19.3. The highest BCUT2D eigenvalue weighted by atomic mass is 16.6. The van der Waals surface area contributed by atoms with Crippen molar-refractivity contribution >= 4 is 11.9 Å². The van der Waals surface area contributed by atoms with Gasteiger partial charge in [0.15, 0.2) is 0 Å². The lowest BCUT2D eigenvalue weighted by atomic mass is 9.87. The zero-order valence-electron chi connectivity index (χ0n) is 36.1. The third-order valence-electron chi connectivity index (χ3n) is 11.2. The molecule has 14 heteroatoms. The molecule has 14 nitrogen and oxygen atoms in total. The summed E-state index contributed by atoms with van der Waals surface area (Å²) in [5.74, 6) is -0.338.